The molecule has 3 aromatic rings. The minimum absolute atomic E-state index is 0.185. The van der Waals surface area contributed by atoms with Crippen molar-refractivity contribution in [3.05, 3.63) is 82.4 Å². The molecular formula is C38H51N5O6. The van der Waals surface area contributed by atoms with Crippen LogP contribution in [0.1, 0.15) is 69.5 Å². The molecule has 1 aliphatic rings. The number of ether oxygens (including phenoxy) is 3. The molecule has 0 unspecified atom stereocenters. The number of anilines is 2. The fourth-order valence-corrected chi connectivity index (χ4v) is 5.60. The van der Waals surface area contributed by atoms with Crippen LogP contribution < -0.4 is 25.8 Å². The molecule has 0 aliphatic carbocycles. The summed E-state index contributed by atoms with van der Waals surface area (Å²) in [4.78, 5) is 43.5. The van der Waals surface area contributed by atoms with Crippen LogP contribution in [0.4, 0.5) is 11.4 Å². The highest BCUT2D eigenvalue weighted by molar-refractivity contribution is 6.08. The highest BCUT2D eigenvalue weighted by Gasteiger charge is 2.20. The van der Waals surface area contributed by atoms with Gasteiger partial charge in [0.25, 0.3) is 11.8 Å². The van der Waals surface area contributed by atoms with Crippen LogP contribution in [0.2, 0.25) is 0 Å². The number of carbonyl (C=O) groups excluding carboxylic acids is 3. The number of unbranched alkanes of at least 4 members (excludes halogenated alkanes) is 2. The molecule has 1 aliphatic heterocycles. The van der Waals surface area contributed by atoms with Gasteiger partial charge in [-0.05, 0) is 101 Å². The van der Waals surface area contributed by atoms with Crippen LogP contribution in [0.25, 0.3) is 0 Å². The monoisotopic (exact) mass is 673 g/mol. The number of carbonyl (C=O) groups is 3. The Labute approximate surface area is 290 Å². The van der Waals surface area contributed by atoms with Gasteiger partial charge in [-0.25, -0.2) is 0 Å². The maximum atomic E-state index is 13.4. The van der Waals surface area contributed by atoms with Gasteiger partial charge in [-0.3, -0.25) is 14.4 Å². The van der Waals surface area contributed by atoms with E-state index < -0.39 is 0 Å². The number of hydrogen-bond donors (Lipinski definition) is 3. The standard InChI is InChI=1S/C38H51N5O6/c1-27-13-15-33(34(24-27)48-22-7-5-6-12-35(44)43-20-18-42(3)19-21-43)41-37(45)29-14-16-32(30(25-29)26-47-4)40-38(46)31-11-8-10-28(2)36(31)49-23-9-17-39/h8,10-11,13-16,24-25H,5-7,9,12,17-23,26,39H2,1-4H3,(H,40,46)(H,41,45). The first kappa shape index (κ1) is 37.4. The number of nitrogens with two attached hydrogens (primary N) is 1. The number of benzene rings is 3. The van der Waals surface area contributed by atoms with Crippen molar-refractivity contribution in [1.29, 1.82) is 0 Å². The molecule has 0 bridgehead atoms. The van der Waals surface area contributed by atoms with Crippen LogP contribution in [0.5, 0.6) is 11.5 Å². The lowest BCUT2D eigenvalue weighted by Gasteiger charge is -2.32. The first-order valence-electron chi connectivity index (χ1n) is 17.1. The van der Waals surface area contributed by atoms with Gasteiger partial charge in [0.05, 0.1) is 31.1 Å². The van der Waals surface area contributed by atoms with E-state index in [1.807, 2.05) is 49.1 Å². The van der Waals surface area contributed by atoms with Gasteiger partial charge in [0.15, 0.2) is 0 Å². The summed E-state index contributed by atoms with van der Waals surface area (Å²) in [6, 6.07) is 16.1. The van der Waals surface area contributed by atoms with Crippen molar-refractivity contribution in [1.82, 2.24) is 9.80 Å². The highest BCUT2D eigenvalue weighted by atomic mass is 16.5. The summed E-state index contributed by atoms with van der Waals surface area (Å²) in [6.45, 7) is 8.88. The van der Waals surface area contributed by atoms with Crippen molar-refractivity contribution in [2.24, 2.45) is 5.73 Å². The second-order valence-electron chi connectivity index (χ2n) is 12.5. The molecule has 0 saturated carbocycles. The van der Waals surface area contributed by atoms with E-state index in [-0.39, 0.29) is 24.3 Å². The fourth-order valence-electron chi connectivity index (χ4n) is 5.60. The number of likely N-dealkylation sites (N-methyl/N-ethyl adjacent to an activating group) is 1. The van der Waals surface area contributed by atoms with Crippen molar-refractivity contribution in [2.75, 3.05) is 70.7 Å². The largest absolute Gasteiger partial charge is 0.492 e. The Kier molecular flexibility index (Phi) is 14.4. The molecule has 1 fully saturated rings. The second kappa shape index (κ2) is 18.9. The Balaban J connectivity index is 1.35. The molecule has 49 heavy (non-hydrogen) atoms. The van der Waals surface area contributed by atoms with Gasteiger partial charge in [-0.2, -0.15) is 0 Å². The first-order valence-corrected chi connectivity index (χ1v) is 17.1. The minimum Gasteiger partial charge on any atom is -0.492 e. The summed E-state index contributed by atoms with van der Waals surface area (Å²) < 4.78 is 17.4. The van der Waals surface area contributed by atoms with Gasteiger partial charge in [0.1, 0.15) is 11.5 Å². The average molecular weight is 674 g/mol. The number of rotatable bonds is 17. The van der Waals surface area contributed by atoms with Crippen molar-refractivity contribution < 1.29 is 28.6 Å². The van der Waals surface area contributed by atoms with Crippen molar-refractivity contribution in [3.63, 3.8) is 0 Å². The Morgan fingerprint density at radius 1 is 0.816 bits per heavy atom. The summed E-state index contributed by atoms with van der Waals surface area (Å²) in [5.41, 5.74) is 10.0. The third kappa shape index (κ3) is 11.0. The van der Waals surface area contributed by atoms with Crippen LogP contribution in [0, 0.1) is 13.8 Å². The predicted octanol–water partition coefficient (Wildman–Crippen LogP) is 5.40. The lowest BCUT2D eigenvalue weighted by atomic mass is 10.1. The van der Waals surface area contributed by atoms with Crippen molar-refractivity contribution in [3.8, 4) is 11.5 Å². The van der Waals surface area contributed by atoms with Gasteiger partial charge < -0.3 is 40.4 Å². The van der Waals surface area contributed by atoms with Gasteiger partial charge in [-0.15, -0.1) is 0 Å². The Hall–Kier alpha value is -4.45. The van der Waals surface area contributed by atoms with Gasteiger partial charge in [0.2, 0.25) is 5.91 Å². The second-order valence-corrected chi connectivity index (χ2v) is 12.5. The summed E-state index contributed by atoms with van der Waals surface area (Å²) >= 11 is 0. The number of piperazine rings is 1. The molecule has 3 amide bonds. The molecule has 0 radical (unpaired) electrons. The molecule has 0 spiro atoms. The Morgan fingerprint density at radius 2 is 1.55 bits per heavy atom. The smallest absolute Gasteiger partial charge is 0.259 e. The zero-order valence-corrected chi connectivity index (χ0v) is 29.3. The Bertz CT molecular complexity index is 1570. The molecule has 11 nitrogen and oxygen atoms in total. The number of aryl methyl sites for hydroxylation is 2. The molecule has 3 aromatic carbocycles. The van der Waals surface area contributed by atoms with E-state index >= 15 is 0 Å². The van der Waals surface area contributed by atoms with Crippen LogP contribution in [0.15, 0.2) is 54.6 Å². The number of nitrogens with one attached hydrogen (secondary N) is 2. The molecule has 11 heteroatoms. The van der Waals surface area contributed by atoms with Crippen LogP contribution in [0.3, 0.4) is 0 Å². The zero-order valence-electron chi connectivity index (χ0n) is 29.3. The van der Waals surface area contributed by atoms with Gasteiger partial charge >= 0.3 is 0 Å². The number of methoxy groups -OCH3 is 1. The van der Waals surface area contributed by atoms with Crippen molar-refractivity contribution in [2.45, 2.75) is 52.6 Å². The summed E-state index contributed by atoms with van der Waals surface area (Å²) in [5, 5.41) is 5.95. The SMILES string of the molecule is COCc1cc(C(=O)Nc2ccc(C)cc2OCCCCCC(=O)N2CCN(C)CC2)ccc1NC(=O)c1cccc(C)c1OCCCN. The Morgan fingerprint density at radius 3 is 2.31 bits per heavy atom. The van der Waals surface area contributed by atoms with Crippen LogP contribution in [-0.2, 0) is 16.1 Å². The maximum absolute atomic E-state index is 13.4. The topological polar surface area (TPSA) is 135 Å². The molecule has 1 heterocycles. The normalized spacial score (nSPS) is 13.2. The molecule has 4 rings (SSSR count). The third-order valence-corrected chi connectivity index (χ3v) is 8.50. The van der Waals surface area contributed by atoms with Gasteiger partial charge in [0, 0.05) is 56.5 Å². The lowest BCUT2D eigenvalue weighted by Crippen LogP contribution is -2.47. The lowest BCUT2D eigenvalue weighted by molar-refractivity contribution is -0.132. The predicted molar refractivity (Wildman–Crippen MR) is 193 cm³/mol. The third-order valence-electron chi connectivity index (χ3n) is 8.50. The van der Waals surface area contributed by atoms with Gasteiger partial charge in [-0.1, -0.05) is 18.2 Å². The molecular weight excluding hydrogens is 622 g/mol. The van der Waals surface area contributed by atoms with E-state index in [9.17, 15) is 14.4 Å². The molecule has 0 aromatic heterocycles. The maximum Gasteiger partial charge on any atom is 0.259 e. The summed E-state index contributed by atoms with van der Waals surface area (Å²) in [6.07, 6.45) is 3.73. The molecule has 0 atom stereocenters. The van der Waals surface area contributed by atoms with E-state index in [2.05, 4.69) is 22.6 Å². The number of nitrogens with zero attached hydrogens (tertiary/aromatic N) is 2. The summed E-state index contributed by atoms with van der Waals surface area (Å²) in [5.74, 6) is 0.686. The number of hydrogen-bond acceptors (Lipinski definition) is 8. The highest BCUT2D eigenvalue weighted by Crippen LogP contribution is 2.29. The number of para-hydroxylation sites is 1. The average Bonchev–Trinajstić information content (AvgIpc) is 3.09. The zero-order chi connectivity index (χ0) is 35.2. The van der Waals surface area contributed by atoms with Crippen molar-refractivity contribution >= 4 is 29.1 Å². The van der Waals surface area contributed by atoms with Crippen LogP contribution >= 0.6 is 0 Å². The minimum atomic E-state index is -0.330. The quantitative estimate of drug-likeness (QED) is 0.162. The van der Waals surface area contributed by atoms with E-state index in [1.54, 1.807) is 31.4 Å². The number of amides is 3. The first-order chi connectivity index (χ1) is 23.7. The van der Waals surface area contributed by atoms with E-state index in [4.69, 9.17) is 19.9 Å². The molecule has 4 N–H and O–H groups in total. The van der Waals surface area contributed by atoms with E-state index in [0.29, 0.717) is 72.2 Å². The summed E-state index contributed by atoms with van der Waals surface area (Å²) in [7, 11) is 3.64. The van der Waals surface area contributed by atoms with E-state index in [0.717, 1.165) is 56.6 Å². The van der Waals surface area contributed by atoms with E-state index in [1.165, 1.54) is 0 Å². The fraction of sp³-hybridized carbons (Fsp3) is 0.447. The van der Waals surface area contributed by atoms with Crippen LogP contribution in [-0.4, -0.2) is 87.6 Å². The molecule has 264 valence electrons. The molecule has 1 saturated heterocycles.